The Kier molecular flexibility index (Phi) is 5.29. The minimum atomic E-state index is -1.66. The molecule has 0 radical (unpaired) electrons. The van der Waals surface area contributed by atoms with Gasteiger partial charge in [0.15, 0.2) is 5.70 Å². The van der Waals surface area contributed by atoms with Gasteiger partial charge in [-0.2, -0.15) is 0 Å². The molecule has 1 aromatic rings. The van der Waals surface area contributed by atoms with Crippen LogP contribution in [0.15, 0.2) is 41.8 Å². The topological polar surface area (TPSA) is 113 Å². The van der Waals surface area contributed by atoms with Crippen LogP contribution in [-0.2, 0) is 36.3 Å². The molecule has 2 unspecified atom stereocenters. The van der Waals surface area contributed by atoms with Gasteiger partial charge in [0.1, 0.15) is 22.8 Å². The lowest BCUT2D eigenvalue weighted by atomic mass is 10.0. The van der Waals surface area contributed by atoms with E-state index in [9.17, 15) is 23.7 Å². The van der Waals surface area contributed by atoms with E-state index in [0.717, 1.165) is 10.5 Å². The largest absolute Gasteiger partial charge is 0.509 e. The summed E-state index contributed by atoms with van der Waals surface area (Å²) in [7, 11) is -1.66. The van der Waals surface area contributed by atoms with Crippen LogP contribution >= 0.6 is 0 Å². The molecule has 8 nitrogen and oxygen atoms in total. The summed E-state index contributed by atoms with van der Waals surface area (Å²) in [4.78, 5) is 38.2. The molecular formula is C19H22N2O6S. The van der Waals surface area contributed by atoms with Crippen LogP contribution < -0.4 is 5.32 Å². The minimum Gasteiger partial charge on any atom is -0.509 e. The summed E-state index contributed by atoms with van der Waals surface area (Å²) in [5.41, 5.74) is -0.355. The van der Waals surface area contributed by atoms with Gasteiger partial charge in [0.05, 0.1) is 23.0 Å². The third-order valence-corrected chi connectivity index (χ3v) is 5.80. The van der Waals surface area contributed by atoms with Crippen LogP contribution in [0.5, 0.6) is 0 Å². The molecule has 0 spiro atoms. The minimum absolute atomic E-state index is 0.0734. The van der Waals surface area contributed by atoms with Gasteiger partial charge in [0, 0.05) is 0 Å². The van der Waals surface area contributed by atoms with Crippen molar-refractivity contribution < 1.29 is 28.4 Å². The number of hydrogen-bond acceptors (Lipinski definition) is 6. The van der Waals surface area contributed by atoms with E-state index in [0.29, 0.717) is 0 Å². The Bertz CT molecular complexity index is 874. The van der Waals surface area contributed by atoms with Crippen LogP contribution in [0.2, 0.25) is 0 Å². The monoisotopic (exact) mass is 406 g/mol. The predicted octanol–water partition coefficient (Wildman–Crippen LogP) is 0.756. The first-order chi connectivity index (χ1) is 13.1. The molecule has 0 aliphatic carbocycles. The van der Waals surface area contributed by atoms with Gasteiger partial charge < -0.3 is 15.2 Å². The second-order valence-corrected chi connectivity index (χ2v) is 9.16. The number of fused-ring (bicyclic) bond motifs is 1. The average Bonchev–Trinajstić information content (AvgIpc) is 2.58. The first-order valence-corrected chi connectivity index (χ1v) is 10.2. The van der Waals surface area contributed by atoms with E-state index in [1.165, 1.54) is 0 Å². The van der Waals surface area contributed by atoms with Gasteiger partial charge in [-0.05, 0) is 26.3 Å². The van der Waals surface area contributed by atoms with E-state index in [2.05, 4.69) is 5.32 Å². The van der Waals surface area contributed by atoms with Gasteiger partial charge in [0.2, 0.25) is 5.91 Å². The highest BCUT2D eigenvalue weighted by molar-refractivity contribution is 7.86. The molecule has 2 heterocycles. The number of aliphatic hydroxyl groups excluding tert-OH is 1. The van der Waals surface area contributed by atoms with Crippen LogP contribution in [0.25, 0.3) is 0 Å². The van der Waals surface area contributed by atoms with Crippen LogP contribution in [0.1, 0.15) is 26.3 Å². The van der Waals surface area contributed by atoms with Crippen molar-refractivity contribution in [3.8, 4) is 0 Å². The van der Waals surface area contributed by atoms with Crippen molar-refractivity contribution in [2.24, 2.45) is 0 Å². The van der Waals surface area contributed by atoms with Gasteiger partial charge >= 0.3 is 5.97 Å². The molecule has 1 fully saturated rings. The smallest absolute Gasteiger partial charge is 0.359 e. The van der Waals surface area contributed by atoms with Gasteiger partial charge in [0.25, 0.3) is 5.91 Å². The lowest BCUT2D eigenvalue weighted by molar-refractivity contribution is -0.159. The zero-order valence-corrected chi connectivity index (χ0v) is 16.6. The highest BCUT2D eigenvalue weighted by atomic mass is 32.2. The van der Waals surface area contributed by atoms with Crippen LogP contribution in [0.4, 0.5) is 0 Å². The van der Waals surface area contributed by atoms with Crippen molar-refractivity contribution in [3.05, 3.63) is 47.4 Å². The molecular weight excluding hydrogens is 384 g/mol. The lowest BCUT2D eigenvalue weighted by Crippen LogP contribution is -2.73. The summed E-state index contributed by atoms with van der Waals surface area (Å²) in [6, 6.07) is 7.99. The second-order valence-electron chi connectivity index (χ2n) is 7.63. The number of hydrogen-bond donors (Lipinski definition) is 2. The van der Waals surface area contributed by atoms with E-state index in [1.807, 2.05) is 6.07 Å². The average molecular weight is 406 g/mol. The van der Waals surface area contributed by atoms with Crippen molar-refractivity contribution >= 4 is 28.6 Å². The molecule has 2 aliphatic heterocycles. The lowest BCUT2D eigenvalue weighted by Gasteiger charge is -2.48. The number of benzene rings is 1. The zero-order chi connectivity index (χ0) is 20.6. The number of nitrogens with one attached hydrogen (secondary N) is 1. The summed E-state index contributed by atoms with van der Waals surface area (Å²) in [5.74, 6) is -2.60. The summed E-state index contributed by atoms with van der Waals surface area (Å²) >= 11 is 0. The molecule has 2 amide bonds. The number of aliphatic hydroxyl groups is 1. The second kappa shape index (κ2) is 7.38. The highest BCUT2D eigenvalue weighted by Gasteiger charge is 2.57. The Morgan fingerprint density at radius 3 is 2.54 bits per heavy atom. The highest BCUT2D eigenvalue weighted by Crippen LogP contribution is 2.35. The van der Waals surface area contributed by atoms with E-state index in [4.69, 9.17) is 4.74 Å². The molecule has 0 bridgehead atoms. The standard InChI is InChI=1S/C19H22N2O6S/c1-19(2,3)27-18(25)15-12(22)10-28(26)17-14(16(24)21(15)17)20-13(23)9-11-7-5-4-6-8-11/h4-8,14,17,22H,9-10H2,1-3H3,(H,20,23)/t14?,17-,28?/m0/s1. The number of carbonyl (C=O) groups excluding carboxylic acids is 3. The van der Waals surface area contributed by atoms with Crippen molar-refractivity contribution in [1.82, 2.24) is 10.2 Å². The summed E-state index contributed by atoms with van der Waals surface area (Å²) in [5, 5.41) is 11.8. The summed E-state index contributed by atoms with van der Waals surface area (Å²) < 4.78 is 17.7. The fourth-order valence-electron chi connectivity index (χ4n) is 3.08. The van der Waals surface area contributed by atoms with Crippen LogP contribution in [0, 0.1) is 0 Å². The molecule has 3 rings (SSSR count). The number of rotatable bonds is 4. The molecule has 150 valence electrons. The molecule has 1 aromatic carbocycles. The number of amides is 2. The molecule has 0 saturated carbocycles. The number of nitrogens with zero attached hydrogens (tertiary/aromatic N) is 1. The molecule has 1 saturated heterocycles. The normalized spacial score (nSPS) is 24.3. The first kappa shape index (κ1) is 20.1. The van der Waals surface area contributed by atoms with Crippen LogP contribution in [-0.4, -0.2) is 54.8 Å². The van der Waals surface area contributed by atoms with Gasteiger partial charge in [-0.25, -0.2) is 4.79 Å². The van der Waals surface area contributed by atoms with Crippen molar-refractivity contribution in [2.45, 2.75) is 44.2 Å². The molecule has 2 N–H and O–H groups in total. The predicted molar refractivity (Wildman–Crippen MR) is 101 cm³/mol. The van der Waals surface area contributed by atoms with Crippen molar-refractivity contribution in [2.75, 3.05) is 5.75 Å². The maximum atomic E-state index is 12.6. The third-order valence-electron chi connectivity index (χ3n) is 4.22. The molecule has 0 aromatic heterocycles. The summed E-state index contributed by atoms with van der Waals surface area (Å²) in [6.45, 7) is 4.97. The van der Waals surface area contributed by atoms with E-state index in [1.54, 1.807) is 45.0 Å². The third kappa shape index (κ3) is 3.94. The van der Waals surface area contributed by atoms with E-state index >= 15 is 0 Å². The zero-order valence-electron chi connectivity index (χ0n) is 15.8. The fraction of sp³-hybridized carbons (Fsp3) is 0.421. The Balaban J connectivity index is 1.74. The van der Waals surface area contributed by atoms with Gasteiger partial charge in [-0.1, -0.05) is 30.3 Å². The Labute approximate surface area is 165 Å². The first-order valence-electron chi connectivity index (χ1n) is 8.77. The molecule has 2 aliphatic rings. The quantitative estimate of drug-likeness (QED) is 0.564. The number of β-lactam (4-membered cyclic amide) rings is 1. The number of carbonyl (C=O) groups is 3. The number of ether oxygens (including phenoxy) is 1. The molecule has 28 heavy (non-hydrogen) atoms. The van der Waals surface area contributed by atoms with Crippen molar-refractivity contribution in [3.63, 3.8) is 0 Å². The molecule has 9 heteroatoms. The SMILES string of the molecule is CC(C)(C)OC(=O)C1=C(O)CS(=O)[C@H]2C(NC(=O)Cc3ccccc3)C(=O)N12. The number of esters is 1. The van der Waals surface area contributed by atoms with Gasteiger partial charge in [-0.15, -0.1) is 0 Å². The summed E-state index contributed by atoms with van der Waals surface area (Å²) in [6.07, 6.45) is 0.0734. The Morgan fingerprint density at radius 2 is 1.93 bits per heavy atom. The van der Waals surface area contributed by atoms with E-state index < -0.39 is 51.4 Å². The Morgan fingerprint density at radius 1 is 1.29 bits per heavy atom. The van der Waals surface area contributed by atoms with Gasteiger partial charge in [-0.3, -0.25) is 18.7 Å². The van der Waals surface area contributed by atoms with E-state index in [-0.39, 0.29) is 17.9 Å². The van der Waals surface area contributed by atoms with Crippen molar-refractivity contribution in [1.29, 1.82) is 0 Å². The maximum Gasteiger partial charge on any atom is 0.359 e. The molecule has 3 atom stereocenters. The Hall–Kier alpha value is -2.68. The fourth-order valence-corrected chi connectivity index (χ4v) is 4.59. The van der Waals surface area contributed by atoms with Crippen LogP contribution in [0.3, 0.4) is 0 Å². The maximum absolute atomic E-state index is 12.6.